The van der Waals surface area contributed by atoms with Crippen molar-refractivity contribution in [2.75, 3.05) is 13.1 Å². The Labute approximate surface area is 163 Å². The van der Waals surface area contributed by atoms with E-state index in [1.165, 1.54) is 16.8 Å². The zero-order chi connectivity index (χ0) is 18.8. The van der Waals surface area contributed by atoms with Crippen LogP contribution < -0.4 is 0 Å². The van der Waals surface area contributed by atoms with Crippen molar-refractivity contribution in [1.82, 2.24) is 3.88 Å². The van der Waals surface area contributed by atoms with E-state index >= 15 is 0 Å². The Kier molecular flexibility index (Phi) is 8.68. The Bertz CT molecular complexity index is 706. The number of rotatable bonds is 9. The Hall–Kier alpha value is -1.82. The van der Waals surface area contributed by atoms with E-state index in [2.05, 4.69) is 96.0 Å². The van der Waals surface area contributed by atoms with Crippen LogP contribution in [0, 0.1) is 0 Å². The van der Waals surface area contributed by atoms with E-state index in [9.17, 15) is 0 Å². The molecule has 0 aromatic heterocycles. The summed E-state index contributed by atoms with van der Waals surface area (Å²) in [5, 5.41) is 0. The normalized spacial score (nSPS) is 12.2. The van der Waals surface area contributed by atoms with Crippen LogP contribution in [0.3, 0.4) is 0 Å². The van der Waals surface area contributed by atoms with Gasteiger partial charge in [-0.25, -0.2) is 0 Å². The summed E-state index contributed by atoms with van der Waals surface area (Å²) in [6, 6.07) is 21.3. The van der Waals surface area contributed by atoms with E-state index in [4.69, 9.17) is 4.99 Å². The predicted molar refractivity (Wildman–Crippen MR) is 116 cm³/mol. The van der Waals surface area contributed by atoms with Crippen molar-refractivity contribution in [3.8, 4) is 0 Å². The van der Waals surface area contributed by atoms with Crippen molar-refractivity contribution in [1.29, 1.82) is 0 Å². The second-order valence-electron chi connectivity index (χ2n) is 7.07. The molecule has 0 saturated heterocycles. The lowest BCUT2D eigenvalue weighted by Gasteiger charge is -2.28. The van der Waals surface area contributed by atoms with E-state index in [0.717, 1.165) is 31.6 Å². The minimum atomic E-state index is -0.910. The molecule has 2 rings (SSSR count). The molecule has 0 unspecified atom stereocenters. The van der Waals surface area contributed by atoms with Crippen molar-refractivity contribution >= 4 is 20.1 Å². The quantitative estimate of drug-likeness (QED) is 0.431. The van der Waals surface area contributed by atoms with Crippen LogP contribution in [0.15, 0.2) is 77.4 Å². The molecule has 0 aliphatic carbocycles. The fourth-order valence-corrected chi connectivity index (χ4v) is 4.71. The molecule has 3 heteroatoms. The summed E-state index contributed by atoms with van der Waals surface area (Å²) in [5.41, 5.74) is 5.23. The molecule has 0 N–H and O–H groups in total. The Morgan fingerprint density at radius 3 is 1.96 bits per heavy atom. The lowest BCUT2D eigenvalue weighted by molar-refractivity contribution is 0.534. The SMILES string of the molecule is CC(/C=C(\C)[N](CCc1ccccc1)[Al]([CH3])[CH3])=NCCc1ccccc1. The van der Waals surface area contributed by atoms with Gasteiger partial charge in [-0.15, -0.1) is 0 Å². The fraction of sp³-hybridized carbons (Fsp3) is 0.348. The first kappa shape index (κ1) is 20.5. The molecule has 2 nitrogen and oxygen atoms in total. The summed E-state index contributed by atoms with van der Waals surface area (Å²) in [4.78, 5) is 4.75. The van der Waals surface area contributed by atoms with Crippen LogP contribution in [0.2, 0.25) is 11.6 Å². The van der Waals surface area contributed by atoms with Gasteiger partial charge >= 0.3 is 14.4 Å². The molecule has 26 heavy (non-hydrogen) atoms. The first-order valence-corrected chi connectivity index (χ1v) is 12.4. The van der Waals surface area contributed by atoms with Gasteiger partial charge in [0.15, 0.2) is 0 Å². The van der Waals surface area contributed by atoms with Gasteiger partial charge in [-0.2, -0.15) is 0 Å². The average Bonchev–Trinajstić information content (AvgIpc) is 2.63. The summed E-state index contributed by atoms with van der Waals surface area (Å²) in [6.07, 6.45) is 4.35. The monoisotopic (exact) mass is 362 g/mol. The lowest BCUT2D eigenvalue weighted by atomic mass is 10.1. The van der Waals surface area contributed by atoms with Gasteiger partial charge in [0.25, 0.3) is 0 Å². The summed E-state index contributed by atoms with van der Waals surface area (Å²) < 4.78 is 2.60. The second-order valence-corrected chi connectivity index (χ2v) is 9.88. The van der Waals surface area contributed by atoms with Crippen molar-refractivity contribution in [2.24, 2.45) is 4.99 Å². The van der Waals surface area contributed by atoms with Gasteiger partial charge in [-0.05, 0) is 56.1 Å². The Morgan fingerprint density at radius 2 is 1.42 bits per heavy atom. The maximum atomic E-state index is 4.75. The summed E-state index contributed by atoms with van der Waals surface area (Å²) in [5.74, 6) is 4.79. The molecule has 136 valence electrons. The maximum absolute atomic E-state index is 4.75. The molecule has 0 aliphatic heterocycles. The minimum absolute atomic E-state index is 0.850. The topological polar surface area (TPSA) is 15.6 Å². The zero-order valence-electron chi connectivity index (χ0n) is 16.7. The van der Waals surface area contributed by atoms with Gasteiger partial charge in [0.2, 0.25) is 0 Å². The van der Waals surface area contributed by atoms with Crippen LogP contribution in [-0.4, -0.2) is 37.1 Å². The Morgan fingerprint density at radius 1 is 0.885 bits per heavy atom. The fourth-order valence-electron chi connectivity index (χ4n) is 3.17. The highest BCUT2D eigenvalue weighted by molar-refractivity contribution is 6.53. The van der Waals surface area contributed by atoms with Crippen LogP contribution in [0.5, 0.6) is 0 Å². The van der Waals surface area contributed by atoms with Gasteiger partial charge < -0.3 is 3.88 Å². The molecule has 0 spiro atoms. The highest BCUT2D eigenvalue weighted by Gasteiger charge is 2.15. The van der Waals surface area contributed by atoms with E-state index in [1.54, 1.807) is 0 Å². The molecule has 0 saturated carbocycles. The smallest absolute Gasteiger partial charge is 0.407 e. The summed E-state index contributed by atoms with van der Waals surface area (Å²) >= 11 is -0.910. The third kappa shape index (κ3) is 7.20. The van der Waals surface area contributed by atoms with E-state index in [0.29, 0.717) is 0 Å². The van der Waals surface area contributed by atoms with E-state index < -0.39 is 14.4 Å². The van der Waals surface area contributed by atoms with Gasteiger partial charge in [0.1, 0.15) is 0 Å². The molecule has 0 atom stereocenters. The molecule has 0 aliphatic rings. The highest BCUT2D eigenvalue weighted by atomic mass is 27.2. The van der Waals surface area contributed by atoms with Crippen LogP contribution in [0.4, 0.5) is 0 Å². The van der Waals surface area contributed by atoms with Crippen molar-refractivity contribution < 1.29 is 0 Å². The number of allylic oxidation sites excluding steroid dienone is 2. The standard InChI is InChI=1S/C21H25N2.2CH3.Al/c1-18(22-15-13-20-9-5-3-6-10-20)17-19(2)23-16-14-21-11-7-4-8-12-21;;;/h3-12,17H,13-16H2,1-2H3;2*1H3;/q-1;;;+1/b18-17+,23-19?;;;. The largest absolute Gasteiger partial charge is 0.466 e. The number of hydrogen-bond acceptors (Lipinski definition) is 2. The molecule has 2 aromatic rings. The van der Waals surface area contributed by atoms with Gasteiger partial charge in [-0.3, -0.25) is 4.99 Å². The number of hydrogen-bond donors (Lipinski definition) is 0. The van der Waals surface area contributed by atoms with Crippen LogP contribution in [0.25, 0.3) is 0 Å². The number of benzene rings is 2. The third-order valence-corrected chi connectivity index (χ3v) is 6.50. The van der Waals surface area contributed by atoms with Crippen molar-refractivity contribution in [2.45, 2.75) is 38.3 Å². The predicted octanol–water partition coefficient (Wildman–Crippen LogP) is 5.39. The Balaban J connectivity index is 1.93. The molecule has 2 aromatic carbocycles. The molecule has 0 radical (unpaired) electrons. The maximum Gasteiger partial charge on any atom is 0.407 e. The molecule has 0 amide bonds. The highest BCUT2D eigenvalue weighted by Crippen LogP contribution is 2.10. The third-order valence-electron chi connectivity index (χ3n) is 4.58. The van der Waals surface area contributed by atoms with Crippen LogP contribution >= 0.6 is 0 Å². The number of aliphatic imine (C=N–C) groups is 1. The van der Waals surface area contributed by atoms with Crippen LogP contribution in [0.1, 0.15) is 25.0 Å². The van der Waals surface area contributed by atoms with E-state index in [1.807, 2.05) is 0 Å². The minimum Gasteiger partial charge on any atom is -0.466 e. The summed E-state index contributed by atoms with van der Waals surface area (Å²) in [6.45, 7) is 6.29. The van der Waals surface area contributed by atoms with Gasteiger partial charge in [-0.1, -0.05) is 72.2 Å². The van der Waals surface area contributed by atoms with E-state index in [-0.39, 0.29) is 0 Å². The van der Waals surface area contributed by atoms with Crippen LogP contribution in [-0.2, 0) is 12.8 Å². The average molecular weight is 362 g/mol. The molecule has 0 fully saturated rings. The van der Waals surface area contributed by atoms with Crippen molar-refractivity contribution in [3.05, 3.63) is 83.6 Å². The summed E-state index contributed by atoms with van der Waals surface area (Å²) in [7, 11) is 0. The van der Waals surface area contributed by atoms with Gasteiger partial charge in [0.05, 0.1) is 0 Å². The lowest BCUT2D eigenvalue weighted by Crippen LogP contribution is -2.35. The van der Waals surface area contributed by atoms with Gasteiger partial charge in [0, 0.05) is 12.3 Å². The molecule has 0 heterocycles. The van der Waals surface area contributed by atoms with Crippen molar-refractivity contribution in [3.63, 3.8) is 0 Å². The molecular formula is C23H31AlN2. The molecular weight excluding hydrogens is 331 g/mol. The second kappa shape index (κ2) is 11.0. The first-order chi connectivity index (χ1) is 12.6. The first-order valence-electron chi connectivity index (χ1n) is 9.60. The zero-order valence-corrected chi connectivity index (χ0v) is 17.8. The number of nitrogens with zero attached hydrogens (tertiary/aromatic N) is 2. The molecule has 0 bridgehead atoms.